The average molecular weight is 254 g/mol. The Bertz CT molecular complexity index is 307. The number of nitrogens with zero attached hydrogens (tertiary/aromatic N) is 2. The number of hydrogen-bond acceptors (Lipinski definition) is 4. The summed E-state index contributed by atoms with van der Waals surface area (Å²) in [4.78, 5) is 2.60. The lowest BCUT2D eigenvalue weighted by atomic mass is 9.90. The topological polar surface area (TPSA) is 27.0 Å². The number of fused-ring (bicyclic) bond motifs is 2. The summed E-state index contributed by atoms with van der Waals surface area (Å²) >= 11 is 4.30. The standard InChI is InChI=1S/C12H18N2S2/c13-9-10-3-1-5-14-6-4-12(11(10)14)15-7-2-8-16-12/h10-11H,1-8H2. The molecule has 0 N–H and O–H groups in total. The van der Waals surface area contributed by atoms with Crippen LogP contribution in [0, 0.1) is 17.2 Å². The summed E-state index contributed by atoms with van der Waals surface area (Å²) in [6.07, 6.45) is 4.99. The van der Waals surface area contributed by atoms with Crippen LogP contribution in [0.25, 0.3) is 0 Å². The molecule has 3 aliphatic heterocycles. The SMILES string of the molecule is N#CC1CCCN2CCC3(SCCCS3)C12. The first kappa shape index (κ1) is 11.3. The Balaban J connectivity index is 1.87. The summed E-state index contributed by atoms with van der Waals surface area (Å²) in [6.45, 7) is 2.45. The molecule has 0 aliphatic carbocycles. The quantitative estimate of drug-likeness (QED) is 0.664. The van der Waals surface area contributed by atoms with E-state index in [1.807, 2.05) is 0 Å². The molecule has 3 fully saturated rings. The van der Waals surface area contributed by atoms with E-state index in [4.69, 9.17) is 0 Å². The lowest BCUT2D eigenvalue weighted by molar-refractivity contribution is 0.160. The molecule has 3 heterocycles. The van der Waals surface area contributed by atoms with Crippen molar-refractivity contribution in [3.63, 3.8) is 0 Å². The molecule has 0 aromatic carbocycles. The average Bonchev–Trinajstić information content (AvgIpc) is 2.70. The molecule has 2 nitrogen and oxygen atoms in total. The number of thioether (sulfide) groups is 2. The van der Waals surface area contributed by atoms with Crippen molar-refractivity contribution in [1.29, 1.82) is 5.26 Å². The van der Waals surface area contributed by atoms with Gasteiger partial charge in [-0.25, -0.2) is 0 Å². The van der Waals surface area contributed by atoms with Crippen LogP contribution < -0.4 is 0 Å². The molecule has 3 saturated heterocycles. The van der Waals surface area contributed by atoms with Gasteiger partial charge in [0.05, 0.1) is 16.1 Å². The van der Waals surface area contributed by atoms with Crippen molar-refractivity contribution in [2.24, 2.45) is 5.92 Å². The molecule has 0 saturated carbocycles. The van der Waals surface area contributed by atoms with Crippen LogP contribution in [0.5, 0.6) is 0 Å². The molecular weight excluding hydrogens is 236 g/mol. The van der Waals surface area contributed by atoms with E-state index in [1.165, 1.54) is 43.9 Å². The second-order valence-electron chi connectivity index (χ2n) is 4.97. The summed E-state index contributed by atoms with van der Waals surface area (Å²) in [5.74, 6) is 2.89. The van der Waals surface area contributed by atoms with Crippen LogP contribution in [0.15, 0.2) is 0 Å². The fraction of sp³-hybridized carbons (Fsp3) is 0.917. The van der Waals surface area contributed by atoms with Crippen LogP contribution in [0.3, 0.4) is 0 Å². The Morgan fingerprint density at radius 1 is 1.19 bits per heavy atom. The number of rotatable bonds is 0. The monoisotopic (exact) mass is 254 g/mol. The Morgan fingerprint density at radius 3 is 2.75 bits per heavy atom. The van der Waals surface area contributed by atoms with Crippen molar-refractivity contribution in [3.8, 4) is 6.07 Å². The van der Waals surface area contributed by atoms with E-state index in [2.05, 4.69) is 34.5 Å². The second-order valence-corrected chi connectivity index (χ2v) is 8.08. The minimum absolute atomic E-state index is 0.286. The Labute approximate surface area is 106 Å². The fourth-order valence-electron chi connectivity index (χ4n) is 3.39. The molecule has 16 heavy (non-hydrogen) atoms. The third kappa shape index (κ3) is 1.68. The summed E-state index contributed by atoms with van der Waals surface area (Å²) in [6, 6.07) is 3.12. The Morgan fingerprint density at radius 2 is 2.00 bits per heavy atom. The lowest BCUT2D eigenvalue weighted by Crippen LogP contribution is -2.49. The van der Waals surface area contributed by atoms with Crippen molar-refractivity contribution in [2.75, 3.05) is 24.6 Å². The van der Waals surface area contributed by atoms with Crippen molar-refractivity contribution < 1.29 is 0 Å². The highest BCUT2D eigenvalue weighted by Gasteiger charge is 2.53. The van der Waals surface area contributed by atoms with Crippen LogP contribution in [-0.4, -0.2) is 39.6 Å². The first-order valence-corrected chi connectivity index (χ1v) is 8.24. The number of piperidine rings is 1. The molecule has 0 aromatic heterocycles. The maximum absolute atomic E-state index is 9.36. The van der Waals surface area contributed by atoms with Crippen molar-refractivity contribution >= 4 is 23.5 Å². The zero-order valence-electron chi connectivity index (χ0n) is 9.52. The van der Waals surface area contributed by atoms with Gasteiger partial charge in [0.15, 0.2) is 0 Å². The van der Waals surface area contributed by atoms with Gasteiger partial charge in [-0.05, 0) is 43.7 Å². The van der Waals surface area contributed by atoms with Gasteiger partial charge in [-0.1, -0.05) is 0 Å². The third-order valence-corrected chi connectivity index (χ3v) is 7.64. The van der Waals surface area contributed by atoms with Crippen molar-refractivity contribution in [3.05, 3.63) is 0 Å². The van der Waals surface area contributed by atoms with Gasteiger partial charge in [-0.2, -0.15) is 5.26 Å². The predicted molar refractivity (Wildman–Crippen MR) is 70.6 cm³/mol. The molecule has 3 rings (SSSR count). The van der Waals surface area contributed by atoms with Crippen LogP contribution >= 0.6 is 23.5 Å². The first-order valence-electron chi connectivity index (χ1n) is 6.27. The highest BCUT2D eigenvalue weighted by molar-refractivity contribution is 8.18. The molecule has 0 radical (unpaired) electrons. The first-order chi connectivity index (χ1) is 7.86. The minimum atomic E-state index is 0.286. The van der Waals surface area contributed by atoms with Gasteiger partial charge in [0, 0.05) is 12.6 Å². The Kier molecular flexibility index (Phi) is 3.12. The van der Waals surface area contributed by atoms with E-state index >= 15 is 0 Å². The maximum Gasteiger partial charge on any atom is 0.0790 e. The molecule has 88 valence electrons. The molecule has 0 aromatic rings. The molecular formula is C12H18N2S2. The highest BCUT2D eigenvalue weighted by Crippen LogP contribution is 2.55. The minimum Gasteiger partial charge on any atom is -0.297 e. The van der Waals surface area contributed by atoms with E-state index in [0.717, 1.165) is 6.42 Å². The second kappa shape index (κ2) is 4.44. The normalized spacial score (nSPS) is 38.2. The molecule has 1 spiro atoms. The zero-order valence-corrected chi connectivity index (χ0v) is 11.2. The summed E-state index contributed by atoms with van der Waals surface area (Å²) in [5.41, 5.74) is 0. The van der Waals surface area contributed by atoms with E-state index in [9.17, 15) is 5.26 Å². The van der Waals surface area contributed by atoms with Gasteiger partial charge in [0.1, 0.15) is 0 Å². The summed E-state index contributed by atoms with van der Waals surface area (Å²) < 4.78 is 0.374. The smallest absolute Gasteiger partial charge is 0.0790 e. The van der Waals surface area contributed by atoms with Gasteiger partial charge in [0.2, 0.25) is 0 Å². The predicted octanol–water partition coefficient (Wildman–Crippen LogP) is 2.56. The summed E-state index contributed by atoms with van der Waals surface area (Å²) in [7, 11) is 0. The zero-order chi connectivity index (χ0) is 11.0. The van der Waals surface area contributed by atoms with Gasteiger partial charge in [0.25, 0.3) is 0 Å². The molecule has 4 heteroatoms. The molecule has 0 bridgehead atoms. The maximum atomic E-state index is 9.36. The van der Waals surface area contributed by atoms with E-state index in [1.54, 1.807) is 0 Å². The highest BCUT2D eigenvalue weighted by atomic mass is 32.2. The number of nitriles is 1. The Hall–Kier alpha value is 0.150. The van der Waals surface area contributed by atoms with Crippen molar-refractivity contribution in [1.82, 2.24) is 4.90 Å². The van der Waals surface area contributed by atoms with Crippen LogP contribution in [0.2, 0.25) is 0 Å². The van der Waals surface area contributed by atoms with Gasteiger partial charge in [-0.3, -0.25) is 4.90 Å². The van der Waals surface area contributed by atoms with E-state index in [0.29, 0.717) is 10.1 Å². The molecule has 0 amide bonds. The molecule has 3 aliphatic rings. The van der Waals surface area contributed by atoms with Crippen LogP contribution in [0.1, 0.15) is 25.7 Å². The van der Waals surface area contributed by atoms with Crippen LogP contribution in [-0.2, 0) is 0 Å². The molecule has 2 unspecified atom stereocenters. The lowest BCUT2D eigenvalue weighted by Gasteiger charge is -2.44. The van der Waals surface area contributed by atoms with Crippen molar-refractivity contribution in [2.45, 2.75) is 35.8 Å². The fourth-order valence-corrected chi connectivity index (χ4v) is 7.11. The largest absolute Gasteiger partial charge is 0.297 e. The number of hydrogen-bond donors (Lipinski definition) is 0. The summed E-state index contributed by atoms with van der Waals surface area (Å²) in [5, 5.41) is 9.36. The van der Waals surface area contributed by atoms with Gasteiger partial charge >= 0.3 is 0 Å². The molecule has 2 atom stereocenters. The van der Waals surface area contributed by atoms with E-state index < -0.39 is 0 Å². The van der Waals surface area contributed by atoms with Gasteiger partial charge < -0.3 is 0 Å². The van der Waals surface area contributed by atoms with E-state index in [-0.39, 0.29) is 5.92 Å². The third-order valence-electron chi connectivity index (χ3n) is 4.08. The van der Waals surface area contributed by atoms with Gasteiger partial charge in [-0.15, -0.1) is 23.5 Å². The van der Waals surface area contributed by atoms with Crippen LogP contribution in [0.4, 0.5) is 0 Å².